The predicted molar refractivity (Wildman–Crippen MR) is 94.6 cm³/mol. The zero-order valence-electron chi connectivity index (χ0n) is 12.0. The lowest BCUT2D eigenvalue weighted by molar-refractivity contribution is 0.627. The molecule has 23 heavy (non-hydrogen) atoms. The van der Waals surface area contributed by atoms with E-state index in [1.807, 2.05) is 18.2 Å². The number of aromatic nitrogens is 2. The van der Waals surface area contributed by atoms with Gasteiger partial charge in [-0.25, -0.2) is 4.39 Å². The number of nitrogens with one attached hydrogen (secondary N) is 1. The van der Waals surface area contributed by atoms with E-state index in [0.717, 1.165) is 15.0 Å². The molecule has 0 atom stereocenters. The number of nitrogens with zero attached hydrogens (tertiary/aromatic N) is 2. The molecule has 0 unspecified atom stereocenters. The van der Waals surface area contributed by atoms with E-state index in [2.05, 4.69) is 27.6 Å². The summed E-state index contributed by atoms with van der Waals surface area (Å²) in [5, 5.41) is 12.7. The highest BCUT2D eigenvalue weighted by atomic mass is 35.5. The summed E-state index contributed by atoms with van der Waals surface area (Å²) < 4.78 is 13.9. The molecule has 3 nitrogen and oxygen atoms in total. The highest BCUT2D eigenvalue weighted by molar-refractivity contribution is 8.00. The van der Waals surface area contributed by atoms with Crippen LogP contribution in [0.25, 0.3) is 0 Å². The standard InChI is InChI=1S/C16H13ClFN3S2/c17-14-8-13(18)7-6-12(14)10-22-16-21-20-15(23-16)19-9-11-4-2-1-3-5-11/h1-8H,9-10H2,(H,19,20). The zero-order valence-corrected chi connectivity index (χ0v) is 14.4. The fraction of sp³-hybridized carbons (Fsp3) is 0.125. The van der Waals surface area contributed by atoms with Crippen LogP contribution in [-0.4, -0.2) is 10.2 Å². The monoisotopic (exact) mass is 365 g/mol. The summed E-state index contributed by atoms with van der Waals surface area (Å²) in [7, 11) is 0. The molecule has 2 aromatic carbocycles. The Kier molecular flexibility index (Phi) is 5.48. The zero-order chi connectivity index (χ0) is 16.1. The van der Waals surface area contributed by atoms with E-state index >= 15 is 0 Å². The third-order valence-corrected chi connectivity index (χ3v) is 5.47. The van der Waals surface area contributed by atoms with E-state index < -0.39 is 0 Å². The molecule has 0 amide bonds. The van der Waals surface area contributed by atoms with Gasteiger partial charge in [0.2, 0.25) is 5.13 Å². The van der Waals surface area contributed by atoms with E-state index in [9.17, 15) is 4.39 Å². The lowest BCUT2D eigenvalue weighted by Crippen LogP contribution is -1.98. The van der Waals surface area contributed by atoms with E-state index in [-0.39, 0.29) is 5.82 Å². The Labute approximate surface area is 146 Å². The number of benzene rings is 2. The minimum absolute atomic E-state index is 0.327. The summed E-state index contributed by atoms with van der Waals surface area (Å²) in [6.45, 7) is 0.712. The van der Waals surface area contributed by atoms with Crippen molar-refractivity contribution in [1.29, 1.82) is 0 Å². The normalized spacial score (nSPS) is 10.7. The van der Waals surface area contributed by atoms with Crippen LogP contribution in [0, 0.1) is 5.82 Å². The molecule has 1 heterocycles. The second-order valence-corrected chi connectivity index (χ2v) is 7.34. The predicted octanol–water partition coefficient (Wildman–Crippen LogP) is 5.24. The van der Waals surface area contributed by atoms with Crippen LogP contribution in [0.1, 0.15) is 11.1 Å². The van der Waals surface area contributed by atoms with Crippen molar-refractivity contribution in [2.45, 2.75) is 16.6 Å². The number of hydrogen-bond acceptors (Lipinski definition) is 5. The summed E-state index contributed by atoms with van der Waals surface area (Å²) >= 11 is 9.05. The van der Waals surface area contributed by atoms with Gasteiger partial charge >= 0.3 is 0 Å². The first kappa shape index (κ1) is 16.2. The van der Waals surface area contributed by atoms with Crippen molar-refractivity contribution in [1.82, 2.24) is 10.2 Å². The molecule has 0 aliphatic heterocycles. The highest BCUT2D eigenvalue weighted by Gasteiger charge is 2.07. The Hall–Kier alpha value is -1.63. The molecule has 0 radical (unpaired) electrons. The van der Waals surface area contributed by atoms with Crippen molar-refractivity contribution in [2.24, 2.45) is 0 Å². The average Bonchev–Trinajstić information content (AvgIpc) is 3.01. The quantitative estimate of drug-likeness (QED) is 0.606. The Morgan fingerprint density at radius 1 is 1.13 bits per heavy atom. The molecular weight excluding hydrogens is 353 g/mol. The molecule has 0 fully saturated rings. The molecule has 0 saturated carbocycles. The van der Waals surface area contributed by atoms with Crippen LogP contribution < -0.4 is 5.32 Å². The maximum absolute atomic E-state index is 13.0. The second-order valence-electron chi connectivity index (χ2n) is 4.74. The van der Waals surface area contributed by atoms with Crippen molar-refractivity contribution in [3.8, 4) is 0 Å². The van der Waals surface area contributed by atoms with Gasteiger partial charge in [0.05, 0.1) is 0 Å². The average molecular weight is 366 g/mol. The van der Waals surface area contributed by atoms with Crippen LogP contribution in [0.4, 0.5) is 9.52 Å². The molecule has 3 rings (SSSR count). The van der Waals surface area contributed by atoms with Gasteiger partial charge in [0.1, 0.15) is 5.82 Å². The Balaban J connectivity index is 1.55. The van der Waals surface area contributed by atoms with Gasteiger partial charge in [0.15, 0.2) is 4.34 Å². The van der Waals surface area contributed by atoms with E-state index in [4.69, 9.17) is 11.6 Å². The number of halogens is 2. The molecular formula is C16H13ClFN3S2. The van der Waals surface area contributed by atoms with Gasteiger partial charge in [0.25, 0.3) is 0 Å². The van der Waals surface area contributed by atoms with Crippen molar-refractivity contribution in [3.63, 3.8) is 0 Å². The van der Waals surface area contributed by atoms with Gasteiger partial charge in [-0.2, -0.15) is 0 Å². The van der Waals surface area contributed by atoms with Crippen LogP contribution in [0.5, 0.6) is 0 Å². The molecule has 0 aliphatic rings. The summed E-state index contributed by atoms with van der Waals surface area (Å²) in [6, 6.07) is 14.5. The largest absolute Gasteiger partial charge is 0.356 e. The molecule has 0 bridgehead atoms. The summed E-state index contributed by atoms with van der Waals surface area (Å²) in [4.78, 5) is 0. The minimum Gasteiger partial charge on any atom is -0.356 e. The maximum atomic E-state index is 13.0. The Bertz CT molecular complexity index is 780. The third-order valence-electron chi connectivity index (χ3n) is 3.06. The lowest BCUT2D eigenvalue weighted by atomic mass is 10.2. The fourth-order valence-corrected chi connectivity index (χ4v) is 3.96. The minimum atomic E-state index is -0.327. The molecule has 118 valence electrons. The van der Waals surface area contributed by atoms with Gasteiger partial charge in [-0.05, 0) is 23.3 Å². The summed E-state index contributed by atoms with van der Waals surface area (Å²) in [5.74, 6) is 0.305. The highest BCUT2D eigenvalue weighted by Crippen LogP contribution is 2.30. The molecule has 7 heteroatoms. The number of rotatable bonds is 6. The summed E-state index contributed by atoms with van der Waals surface area (Å²) in [6.07, 6.45) is 0. The van der Waals surface area contributed by atoms with Gasteiger partial charge in [0, 0.05) is 17.3 Å². The first-order chi connectivity index (χ1) is 11.2. The number of anilines is 1. The van der Waals surface area contributed by atoms with Crippen LogP contribution >= 0.6 is 34.7 Å². The molecule has 0 saturated heterocycles. The SMILES string of the molecule is Fc1ccc(CSc2nnc(NCc3ccccc3)s2)c(Cl)c1. The maximum Gasteiger partial charge on any atom is 0.206 e. The van der Waals surface area contributed by atoms with Gasteiger partial charge < -0.3 is 5.32 Å². The molecule has 1 N–H and O–H groups in total. The van der Waals surface area contributed by atoms with Crippen LogP contribution in [0.2, 0.25) is 5.02 Å². The third kappa shape index (κ3) is 4.67. The molecule has 3 aromatic rings. The lowest BCUT2D eigenvalue weighted by Gasteiger charge is -2.02. The van der Waals surface area contributed by atoms with Crippen molar-refractivity contribution in [2.75, 3.05) is 5.32 Å². The summed E-state index contributed by atoms with van der Waals surface area (Å²) in [5.41, 5.74) is 2.07. The first-order valence-corrected chi connectivity index (χ1v) is 9.07. The van der Waals surface area contributed by atoms with Crippen molar-refractivity contribution in [3.05, 3.63) is 70.5 Å². The number of thioether (sulfide) groups is 1. The van der Waals surface area contributed by atoms with Crippen molar-refractivity contribution < 1.29 is 4.39 Å². The Morgan fingerprint density at radius 3 is 2.74 bits per heavy atom. The van der Waals surface area contributed by atoms with E-state index in [1.165, 1.54) is 40.8 Å². The molecule has 1 aromatic heterocycles. The second kappa shape index (κ2) is 7.77. The van der Waals surface area contributed by atoms with Gasteiger partial charge in [-0.15, -0.1) is 10.2 Å². The van der Waals surface area contributed by atoms with Gasteiger partial charge in [-0.1, -0.05) is 71.1 Å². The molecule has 0 aliphatic carbocycles. The first-order valence-electron chi connectivity index (χ1n) is 6.89. The van der Waals surface area contributed by atoms with E-state index in [1.54, 1.807) is 6.07 Å². The van der Waals surface area contributed by atoms with Crippen LogP contribution in [-0.2, 0) is 12.3 Å². The van der Waals surface area contributed by atoms with Gasteiger partial charge in [-0.3, -0.25) is 0 Å². The van der Waals surface area contributed by atoms with Crippen molar-refractivity contribution >= 4 is 39.8 Å². The topological polar surface area (TPSA) is 37.8 Å². The van der Waals surface area contributed by atoms with Crippen LogP contribution in [0.3, 0.4) is 0 Å². The smallest absolute Gasteiger partial charge is 0.206 e. The van der Waals surface area contributed by atoms with Crippen LogP contribution in [0.15, 0.2) is 52.9 Å². The molecule has 0 spiro atoms. The fourth-order valence-electron chi connectivity index (χ4n) is 1.89. The number of hydrogen-bond donors (Lipinski definition) is 1. The Morgan fingerprint density at radius 2 is 1.96 bits per heavy atom. The van der Waals surface area contributed by atoms with E-state index in [0.29, 0.717) is 17.3 Å².